The molecule has 1 unspecified atom stereocenters. The minimum atomic E-state index is -0.346. The number of aromatic nitrogens is 3. The second-order valence-electron chi connectivity index (χ2n) is 3.76. The van der Waals surface area contributed by atoms with Crippen LogP contribution >= 0.6 is 0 Å². The Morgan fingerprint density at radius 2 is 2.25 bits per heavy atom. The van der Waals surface area contributed by atoms with Crippen LogP contribution in [0.2, 0.25) is 0 Å². The molecule has 4 heteroatoms. The van der Waals surface area contributed by atoms with Crippen LogP contribution in [-0.2, 0) is 6.54 Å². The maximum Gasteiger partial charge on any atom is 0.137 e. The van der Waals surface area contributed by atoms with E-state index in [0.29, 0.717) is 6.54 Å². The van der Waals surface area contributed by atoms with Crippen LogP contribution in [-0.4, -0.2) is 26.0 Å². The van der Waals surface area contributed by atoms with Crippen molar-refractivity contribution in [2.45, 2.75) is 33.4 Å². The van der Waals surface area contributed by atoms with E-state index in [2.05, 4.69) is 10.1 Å². The predicted octanol–water partition coefficient (Wildman–Crippen LogP) is 0.685. The smallest absolute Gasteiger partial charge is 0.137 e. The summed E-state index contributed by atoms with van der Waals surface area (Å²) in [5.41, 5.74) is -0.159. The minimum Gasteiger partial charge on any atom is -0.393 e. The molecule has 1 atom stereocenters. The highest BCUT2D eigenvalue weighted by atomic mass is 16.3. The molecule has 0 saturated carbocycles. The largest absolute Gasteiger partial charge is 0.393 e. The molecular formula is C8H15N3O. The summed E-state index contributed by atoms with van der Waals surface area (Å²) in [5, 5.41) is 13.4. The van der Waals surface area contributed by atoms with Gasteiger partial charge in [-0.1, -0.05) is 13.8 Å². The maximum absolute atomic E-state index is 9.42. The van der Waals surface area contributed by atoms with Crippen LogP contribution < -0.4 is 0 Å². The topological polar surface area (TPSA) is 50.9 Å². The first-order chi connectivity index (χ1) is 5.52. The highest BCUT2D eigenvalue weighted by molar-refractivity contribution is 4.75. The Hall–Kier alpha value is -0.900. The van der Waals surface area contributed by atoms with Gasteiger partial charge < -0.3 is 5.11 Å². The van der Waals surface area contributed by atoms with Gasteiger partial charge in [0.05, 0.1) is 12.6 Å². The van der Waals surface area contributed by atoms with Gasteiger partial charge in [-0.3, -0.25) is 4.68 Å². The van der Waals surface area contributed by atoms with Crippen LogP contribution in [0.3, 0.4) is 0 Å². The molecule has 0 amide bonds. The van der Waals surface area contributed by atoms with Crippen molar-refractivity contribution in [2.75, 3.05) is 0 Å². The molecule has 0 bridgehead atoms. The summed E-state index contributed by atoms with van der Waals surface area (Å²) >= 11 is 0. The number of hydrogen-bond donors (Lipinski definition) is 1. The average molecular weight is 169 g/mol. The molecule has 1 heterocycles. The molecule has 1 rings (SSSR count). The van der Waals surface area contributed by atoms with Gasteiger partial charge in [-0.25, -0.2) is 4.98 Å². The molecule has 1 aromatic rings. The van der Waals surface area contributed by atoms with Gasteiger partial charge in [0.2, 0.25) is 0 Å². The van der Waals surface area contributed by atoms with Crippen molar-refractivity contribution in [3.8, 4) is 0 Å². The second-order valence-corrected chi connectivity index (χ2v) is 3.76. The molecule has 4 nitrogen and oxygen atoms in total. The molecule has 1 aromatic heterocycles. The van der Waals surface area contributed by atoms with Crippen molar-refractivity contribution in [3.05, 3.63) is 12.7 Å². The highest BCUT2D eigenvalue weighted by Gasteiger charge is 2.24. The summed E-state index contributed by atoms with van der Waals surface area (Å²) in [6, 6.07) is 0. The Kier molecular flexibility index (Phi) is 2.47. The van der Waals surface area contributed by atoms with Gasteiger partial charge in [-0.05, 0) is 6.92 Å². The van der Waals surface area contributed by atoms with Gasteiger partial charge in [0.15, 0.2) is 0 Å². The van der Waals surface area contributed by atoms with Crippen LogP contribution in [0.5, 0.6) is 0 Å². The Morgan fingerprint density at radius 3 is 2.67 bits per heavy atom. The number of rotatable bonds is 3. The van der Waals surface area contributed by atoms with Crippen molar-refractivity contribution in [1.82, 2.24) is 14.8 Å². The maximum atomic E-state index is 9.42. The van der Waals surface area contributed by atoms with E-state index in [4.69, 9.17) is 0 Å². The number of hydrogen-bond acceptors (Lipinski definition) is 3. The van der Waals surface area contributed by atoms with Crippen LogP contribution in [0.1, 0.15) is 20.8 Å². The van der Waals surface area contributed by atoms with Crippen molar-refractivity contribution in [2.24, 2.45) is 5.41 Å². The SMILES string of the molecule is CC(O)C(C)(C)Cn1cncn1. The average Bonchev–Trinajstić information content (AvgIpc) is 2.38. The normalized spacial score (nSPS) is 14.7. The lowest BCUT2D eigenvalue weighted by molar-refractivity contribution is 0.0502. The molecule has 0 aromatic carbocycles. The Balaban J connectivity index is 2.62. The molecular weight excluding hydrogens is 154 g/mol. The van der Waals surface area contributed by atoms with E-state index in [9.17, 15) is 5.11 Å². The fourth-order valence-corrected chi connectivity index (χ4v) is 0.864. The molecule has 0 aliphatic carbocycles. The molecule has 0 saturated heterocycles. The van der Waals surface area contributed by atoms with Gasteiger partial charge >= 0.3 is 0 Å². The summed E-state index contributed by atoms with van der Waals surface area (Å²) in [6.07, 6.45) is 2.81. The van der Waals surface area contributed by atoms with Crippen molar-refractivity contribution in [1.29, 1.82) is 0 Å². The third kappa shape index (κ3) is 2.04. The van der Waals surface area contributed by atoms with Crippen molar-refractivity contribution in [3.63, 3.8) is 0 Å². The van der Waals surface area contributed by atoms with Crippen molar-refractivity contribution < 1.29 is 5.11 Å². The standard InChI is InChI=1S/C8H15N3O/c1-7(12)8(2,3)4-11-6-9-5-10-11/h5-7,12H,4H2,1-3H3. The minimum absolute atomic E-state index is 0.159. The first kappa shape index (κ1) is 9.19. The summed E-state index contributed by atoms with van der Waals surface area (Å²) in [5.74, 6) is 0. The molecule has 12 heavy (non-hydrogen) atoms. The number of aliphatic hydroxyl groups is 1. The van der Waals surface area contributed by atoms with Gasteiger partial charge in [0.25, 0.3) is 0 Å². The van der Waals surface area contributed by atoms with Gasteiger partial charge in [-0.2, -0.15) is 5.10 Å². The molecule has 0 fully saturated rings. The Morgan fingerprint density at radius 1 is 1.58 bits per heavy atom. The quantitative estimate of drug-likeness (QED) is 0.724. The molecule has 68 valence electrons. The van der Waals surface area contributed by atoms with Gasteiger partial charge in [0, 0.05) is 5.41 Å². The van der Waals surface area contributed by atoms with E-state index in [0.717, 1.165) is 0 Å². The van der Waals surface area contributed by atoms with E-state index in [1.54, 1.807) is 17.9 Å². The van der Waals surface area contributed by atoms with E-state index in [-0.39, 0.29) is 11.5 Å². The van der Waals surface area contributed by atoms with Gasteiger partial charge in [-0.15, -0.1) is 0 Å². The fourth-order valence-electron chi connectivity index (χ4n) is 0.864. The molecule has 0 radical (unpaired) electrons. The van der Waals surface area contributed by atoms with Crippen LogP contribution in [0, 0.1) is 5.41 Å². The summed E-state index contributed by atoms with van der Waals surface area (Å²) in [4.78, 5) is 3.84. The van der Waals surface area contributed by atoms with Crippen LogP contribution in [0.4, 0.5) is 0 Å². The van der Waals surface area contributed by atoms with Crippen molar-refractivity contribution >= 4 is 0 Å². The zero-order valence-electron chi connectivity index (χ0n) is 7.73. The molecule has 0 aliphatic heterocycles. The third-order valence-corrected chi connectivity index (χ3v) is 2.17. The zero-order valence-corrected chi connectivity index (χ0v) is 7.73. The Labute approximate surface area is 72.2 Å². The highest BCUT2D eigenvalue weighted by Crippen LogP contribution is 2.21. The second kappa shape index (κ2) is 3.23. The Bertz CT molecular complexity index is 228. The van der Waals surface area contributed by atoms with Crippen LogP contribution in [0.25, 0.3) is 0 Å². The molecule has 0 aliphatic rings. The summed E-state index contributed by atoms with van der Waals surface area (Å²) in [7, 11) is 0. The summed E-state index contributed by atoms with van der Waals surface area (Å²) < 4.78 is 1.73. The third-order valence-electron chi connectivity index (χ3n) is 2.17. The van der Waals surface area contributed by atoms with Crippen LogP contribution in [0.15, 0.2) is 12.7 Å². The first-order valence-corrected chi connectivity index (χ1v) is 4.03. The van der Waals surface area contributed by atoms with E-state index in [1.807, 2.05) is 13.8 Å². The van der Waals surface area contributed by atoms with E-state index in [1.165, 1.54) is 6.33 Å². The lowest BCUT2D eigenvalue weighted by atomic mass is 9.88. The fraction of sp³-hybridized carbons (Fsp3) is 0.750. The number of aliphatic hydroxyl groups excluding tert-OH is 1. The summed E-state index contributed by atoms with van der Waals surface area (Å²) in [6.45, 7) is 6.47. The lowest BCUT2D eigenvalue weighted by Crippen LogP contribution is -2.31. The van der Waals surface area contributed by atoms with Gasteiger partial charge in [0.1, 0.15) is 12.7 Å². The number of nitrogens with zero attached hydrogens (tertiary/aromatic N) is 3. The zero-order chi connectivity index (χ0) is 9.19. The predicted molar refractivity (Wildman–Crippen MR) is 45.5 cm³/mol. The molecule has 0 spiro atoms. The molecule has 1 N–H and O–H groups in total. The first-order valence-electron chi connectivity index (χ1n) is 4.03. The van der Waals surface area contributed by atoms with E-state index >= 15 is 0 Å². The lowest BCUT2D eigenvalue weighted by Gasteiger charge is -2.27. The van der Waals surface area contributed by atoms with E-state index < -0.39 is 0 Å². The monoisotopic (exact) mass is 169 g/mol.